The number of ether oxygens (including phenoxy) is 2. The Morgan fingerprint density at radius 3 is 2.30 bits per heavy atom. The Balaban J connectivity index is 1.89. The smallest absolute Gasteiger partial charge is 0.403 e. The fourth-order valence-electron chi connectivity index (χ4n) is 2.97. The van der Waals surface area contributed by atoms with Gasteiger partial charge in [0.25, 0.3) is 0 Å². The van der Waals surface area contributed by atoms with Crippen molar-refractivity contribution in [3.05, 3.63) is 83.5 Å². The van der Waals surface area contributed by atoms with Crippen molar-refractivity contribution >= 4 is 5.57 Å². The topological polar surface area (TPSA) is 18.5 Å². The maximum Gasteiger partial charge on any atom is 0.573 e. The molecule has 0 radical (unpaired) electrons. The molecule has 0 spiro atoms. The summed E-state index contributed by atoms with van der Waals surface area (Å²) in [7, 11) is 1.41. The molecular weight excluding hydrogens is 367 g/mol. The highest BCUT2D eigenvalue weighted by molar-refractivity contribution is 5.76. The van der Waals surface area contributed by atoms with Crippen LogP contribution in [0.2, 0.25) is 0 Å². The molecule has 0 aliphatic heterocycles. The Morgan fingerprint density at radius 2 is 1.74 bits per heavy atom. The molecule has 2 aromatic rings. The number of hydrogen-bond donors (Lipinski definition) is 0. The Bertz CT molecular complexity index is 901. The van der Waals surface area contributed by atoms with Crippen LogP contribution in [-0.4, -0.2) is 13.5 Å². The van der Waals surface area contributed by atoms with Crippen LogP contribution in [0.1, 0.15) is 17.5 Å². The van der Waals surface area contributed by atoms with Crippen molar-refractivity contribution in [1.29, 1.82) is 0 Å². The van der Waals surface area contributed by atoms with E-state index in [1.807, 2.05) is 0 Å². The van der Waals surface area contributed by atoms with Gasteiger partial charge in [0.1, 0.15) is 11.4 Å². The molecule has 0 N–H and O–H groups in total. The van der Waals surface area contributed by atoms with Gasteiger partial charge < -0.3 is 9.47 Å². The minimum absolute atomic E-state index is 0.253. The van der Waals surface area contributed by atoms with Gasteiger partial charge in [-0.05, 0) is 35.4 Å². The van der Waals surface area contributed by atoms with Crippen molar-refractivity contribution in [2.24, 2.45) is 0 Å². The summed E-state index contributed by atoms with van der Waals surface area (Å²) in [6, 6.07) is 9.42. The quantitative estimate of drug-likeness (QED) is 0.627. The lowest BCUT2D eigenvalue weighted by Gasteiger charge is -2.32. The van der Waals surface area contributed by atoms with Crippen LogP contribution >= 0.6 is 0 Å². The van der Waals surface area contributed by atoms with Crippen molar-refractivity contribution in [2.75, 3.05) is 7.11 Å². The van der Waals surface area contributed by atoms with E-state index in [-0.39, 0.29) is 12.2 Å². The van der Waals surface area contributed by atoms with Crippen molar-refractivity contribution in [2.45, 2.75) is 18.4 Å². The number of rotatable bonds is 4. The van der Waals surface area contributed by atoms with Crippen LogP contribution in [0.15, 0.2) is 60.7 Å². The van der Waals surface area contributed by atoms with E-state index in [0.717, 1.165) is 12.1 Å². The molecule has 7 heteroatoms. The Labute approximate surface area is 152 Å². The summed E-state index contributed by atoms with van der Waals surface area (Å²) in [4.78, 5) is 0. The molecule has 27 heavy (non-hydrogen) atoms. The molecule has 0 heterocycles. The van der Waals surface area contributed by atoms with Gasteiger partial charge in [-0.3, -0.25) is 0 Å². The lowest BCUT2D eigenvalue weighted by molar-refractivity contribution is -0.275. The molecule has 0 saturated heterocycles. The second kappa shape index (κ2) is 7.15. The first kappa shape index (κ1) is 19.1. The molecule has 1 aliphatic rings. The maximum absolute atomic E-state index is 14.1. The van der Waals surface area contributed by atoms with E-state index < -0.39 is 23.5 Å². The highest BCUT2D eigenvalue weighted by Gasteiger charge is 2.35. The third-order valence-electron chi connectivity index (χ3n) is 4.35. The summed E-state index contributed by atoms with van der Waals surface area (Å²) in [5.74, 6) is -2.45. The van der Waals surface area contributed by atoms with Gasteiger partial charge in [0.05, 0.1) is 0 Å². The van der Waals surface area contributed by atoms with Gasteiger partial charge in [-0.2, -0.15) is 0 Å². The summed E-state index contributed by atoms with van der Waals surface area (Å²) in [6.07, 6.45) is 0.281. The van der Waals surface area contributed by atoms with Crippen molar-refractivity contribution < 1.29 is 31.4 Å². The average molecular weight is 382 g/mol. The monoisotopic (exact) mass is 382 g/mol. The molecule has 1 atom stereocenters. The lowest BCUT2D eigenvalue weighted by atomic mass is 9.83. The molecule has 0 amide bonds. The Hall–Kier alpha value is -2.67. The molecule has 0 fully saturated rings. The molecular formula is C20H15F5O2. The van der Waals surface area contributed by atoms with Crippen molar-refractivity contribution in [3.8, 4) is 5.75 Å². The van der Waals surface area contributed by atoms with E-state index in [2.05, 4.69) is 4.74 Å². The predicted octanol–water partition coefficient (Wildman–Crippen LogP) is 5.75. The van der Waals surface area contributed by atoms with Gasteiger partial charge in [0.2, 0.25) is 0 Å². The summed E-state index contributed by atoms with van der Waals surface area (Å²) < 4.78 is 74.0. The first-order chi connectivity index (χ1) is 12.7. The third-order valence-corrected chi connectivity index (χ3v) is 4.35. The largest absolute Gasteiger partial charge is 0.573 e. The first-order valence-corrected chi connectivity index (χ1v) is 7.99. The predicted molar refractivity (Wildman–Crippen MR) is 89.9 cm³/mol. The third kappa shape index (κ3) is 4.03. The fourth-order valence-corrected chi connectivity index (χ4v) is 2.97. The van der Waals surface area contributed by atoms with Crippen LogP contribution in [0.4, 0.5) is 22.0 Å². The standard InChI is InChI=1S/C20H15F5O2/c1-26-19(14-6-7-18(17(22)12-14)27-20(23,24)25)10-8-13(9-11-19)15-4-2-3-5-16(15)21/h2-10,12H,11H2,1H3. The number of methoxy groups -OCH3 is 1. The molecule has 2 aromatic carbocycles. The first-order valence-electron chi connectivity index (χ1n) is 7.99. The number of hydrogen-bond acceptors (Lipinski definition) is 2. The van der Waals surface area contributed by atoms with Crippen molar-refractivity contribution in [3.63, 3.8) is 0 Å². The van der Waals surface area contributed by atoms with Gasteiger partial charge in [-0.15, -0.1) is 13.2 Å². The molecule has 0 saturated carbocycles. The van der Waals surface area contributed by atoms with E-state index in [1.165, 1.54) is 19.2 Å². The maximum atomic E-state index is 14.1. The summed E-state index contributed by atoms with van der Waals surface area (Å²) in [5.41, 5.74) is 0.292. The summed E-state index contributed by atoms with van der Waals surface area (Å²) >= 11 is 0. The Kier molecular flexibility index (Phi) is 5.06. The summed E-state index contributed by atoms with van der Waals surface area (Å²) in [6.45, 7) is 0. The zero-order chi connectivity index (χ0) is 19.7. The second-order valence-corrected chi connectivity index (χ2v) is 5.96. The van der Waals surface area contributed by atoms with Crippen molar-refractivity contribution in [1.82, 2.24) is 0 Å². The number of alkyl halides is 3. The van der Waals surface area contributed by atoms with E-state index >= 15 is 0 Å². The molecule has 142 valence electrons. The fraction of sp³-hybridized carbons (Fsp3) is 0.200. The SMILES string of the molecule is COC1(c2ccc(OC(F)(F)F)c(F)c2)C=CC(c2ccccc2F)=CC1. The van der Waals surface area contributed by atoms with Gasteiger partial charge in [0.15, 0.2) is 11.6 Å². The normalized spacial score (nSPS) is 19.7. The molecule has 3 rings (SSSR count). The number of benzene rings is 2. The van der Waals surface area contributed by atoms with Gasteiger partial charge >= 0.3 is 6.36 Å². The minimum Gasteiger partial charge on any atom is -0.403 e. The Morgan fingerprint density at radius 1 is 1.00 bits per heavy atom. The summed E-state index contributed by atoms with van der Waals surface area (Å²) in [5, 5.41) is 0. The van der Waals surface area contributed by atoms with Crippen LogP contribution in [0.3, 0.4) is 0 Å². The lowest BCUT2D eigenvalue weighted by Crippen LogP contribution is -2.27. The van der Waals surface area contributed by atoms with Crippen LogP contribution in [0, 0.1) is 11.6 Å². The zero-order valence-electron chi connectivity index (χ0n) is 14.2. The molecule has 2 nitrogen and oxygen atoms in total. The number of halogens is 5. The minimum atomic E-state index is -4.98. The van der Waals surface area contributed by atoms with Crippen LogP contribution in [0.25, 0.3) is 5.57 Å². The van der Waals surface area contributed by atoms with Crippen LogP contribution < -0.4 is 4.74 Å². The molecule has 0 aromatic heterocycles. The highest BCUT2D eigenvalue weighted by atomic mass is 19.4. The van der Waals surface area contributed by atoms with E-state index in [4.69, 9.17) is 4.74 Å². The van der Waals surface area contributed by atoms with Gasteiger partial charge in [0, 0.05) is 19.1 Å². The van der Waals surface area contributed by atoms with Crippen LogP contribution in [-0.2, 0) is 10.3 Å². The molecule has 0 bridgehead atoms. The highest BCUT2D eigenvalue weighted by Crippen LogP contribution is 2.39. The average Bonchev–Trinajstić information content (AvgIpc) is 2.63. The van der Waals surface area contributed by atoms with E-state index in [9.17, 15) is 22.0 Å². The van der Waals surface area contributed by atoms with E-state index in [1.54, 1.807) is 36.4 Å². The molecule has 1 unspecified atom stereocenters. The zero-order valence-corrected chi connectivity index (χ0v) is 14.2. The van der Waals surface area contributed by atoms with Gasteiger partial charge in [-0.25, -0.2) is 8.78 Å². The number of allylic oxidation sites excluding steroid dienone is 2. The molecule has 1 aliphatic carbocycles. The second-order valence-electron chi connectivity index (χ2n) is 5.96. The van der Waals surface area contributed by atoms with Crippen LogP contribution in [0.5, 0.6) is 5.75 Å². The van der Waals surface area contributed by atoms with E-state index in [0.29, 0.717) is 16.7 Å². The van der Waals surface area contributed by atoms with Gasteiger partial charge in [-0.1, -0.05) is 36.4 Å².